The monoisotopic (exact) mass is 556 g/mol. The number of nitriles is 1. The maximum atomic E-state index is 9.76. The number of anilines is 1. The van der Waals surface area contributed by atoms with Crippen LogP contribution in [0.25, 0.3) is 11.5 Å². The van der Waals surface area contributed by atoms with E-state index in [2.05, 4.69) is 80.2 Å². The third-order valence-corrected chi connectivity index (χ3v) is 7.28. The predicted octanol–water partition coefficient (Wildman–Crippen LogP) is 8.24. The zero-order valence-electron chi connectivity index (χ0n) is 23.9. The first kappa shape index (κ1) is 29.2. The molecule has 0 saturated carbocycles. The molecule has 40 heavy (non-hydrogen) atoms. The summed E-state index contributed by atoms with van der Waals surface area (Å²) in [5, 5.41) is 13.8. The minimum atomic E-state index is 0.0977. The van der Waals surface area contributed by atoms with Crippen LogP contribution < -0.4 is 10.1 Å². The van der Waals surface area contributed by atoms with Crippen molar-refractivity contribution in [2.75, 3.05) is 25.0 Å². The molecule has 1 atom stereocenters. The number of oxazole rings is 1. The molecule has 0 amide bonds. The van der Waals surface area contributed by atoms with Crippen LogP contribution in [0.5, 0.6) is 5.75 Å². The molecule has 0 spiro atoms. The molecule has 7 heteroatoms. The molecule has 1 unspecified atom stereocenters. The van der Waals surface area contributed by atoms with E-state index in [0.29, 0.717) is 29.9 Å². The molecule has 4 rings (SSSR count). The van der Waals surface area contributed by atoms with E-state index in [4.69, 9.17) is 20.8 Å². The first-order valence-electron chi connectivity index (χ1n) is 13.7. The van der Waals surface area contributed by atoms with Gasteiger partial charge in [-0.1, -0.05) is 82.6 Å². The summed E-state index contributed by atoms with van der Waals surface area (Å²) in [4.78, 5) is 6.84. The molecule has 4 aromatic rings. The van der Waals surface area contributed by atoms with Crippen LogP contribution in [-0.4, -0.2) is 29.5 Å². The lowest BCUT2D eigenvalue weighted by atomic mass is 9.86. The average molecular weight is 557 g/mol. The molecule has 0 saturated heterocycles. The quantitative estimate of drug-likeness (QED) is 0.200. The molecule has 1 heterocycles. The minimum Gasteiger partial charge on any atom is -0.489 e. The second-order valence-corrected chi connectivity index (χ2v) is 11.2. The first-order chi connectivity index (χ1) is 19.2. The van der Waals surface area contributed by atoms with Crippen molar-refractivity contribution in [3.05, 3.63) is 100 Å². The van der Waals surface area contributed by atoms with Gasteiger partial charge in [-0.25, -0.2) is 0 Å². The zero-order valence-corrected chi connectivity index (χ0v) is 24.6. The summed E-state index contributed by atoms with van der Waals surface area (Å²) in [5.74, 6) is 1.49. The molecule has 208 valence electrons. The van der Waals surface area contributed by atoms with Crippen molar-refractivity contribution in [2.45, 2.75) is 52.7 Å². The number of rotatable bonds is 11. The van der Waals surface area contributed by atoms with Crippen molar-refractivity contribution in [3.63, 3.8) is 0 Å². The van der Waals surface area contributed by atoms with Crippen LogP contribution in [0.2, 0.25) is 5.02 Å². The van der Waals surface area contributed by atoms with Gasteiger partial charge in [0, 0.05) is 17.1 Å². The molecule has 0 radical (unpaired) electrons. The second kappa shape index (κ2) is 13.0. The Labute approximate surface area is 242 Å². The van der Waals surface area contributed by atoms with Gasteiger partial charge in [-0.05, 0) is 71.6 Å². The van der Waals surface area contributed by atoms with Crippen molar-refractivity contribution < 1.29 is 9.15 Å². The average Bonchev–Trinajstić information content (AvgIpc) is 3.38. The van der Waals surface area contributed by atoms with Gasteiger partial charge in [0.05, 0.1) is 6.04 Å². The molecule has 3 aromatic carbocycles. The van der Waals surface area contributed by atoms with Crippen LogP contribution >= 0.6 is 11.6 Å². The number of benzene rings is 3. The topological polar surface area (TPSA) is 74.3 Å². The standard InChI is InChI=1S/C33H37ClN4O2/c1-6-38(7-2)30(24-10-14-26(15-11-24)33(3,4)5)21-36-32-29(20-35)37-31(40-32)25-12-18-28(19-13-25)39-22-23-8-16-27(34)17-9-23/h8-19,30,36H,6-7,21-22H2,1-5H3. The Bertz CT molecular complexity index is 1410. The van der Waals surface area contributed by atoms with Crippen LogP contribution in [-0.2, 0) is 12.0 Å². The fraction of sp³-hybridized carbons (Fsp3) is 0.333. The van der Waals surface area contributed by atoms with Gasteiger partial charge in [-0.15, -0.1) is 0 Å². The Hall–Kier alpha value is -3.79. The summed E-state index contributed by atoms with van der Waals surface area (Å²) < 4.78 is 11.9. The molecule has 0 aliphatic heterocycles. The number of ether oxygens (including phenoxy) is 1. The van der Waals surface area contributed by atoms with E-state index < -0.39 is 0 Å². The first-order valence-corrected chi connectivity index (χ1v) is 14.1. The summed E-state index contributed by atoms with van der Waals surface area (Å²) in [7, 11) is 0. The number of hydrogen-bond acceptors (Lipinski definition) is 6. The summed E-state index contributed by atoms with van der Waals surface area (Å²) in [6, 6.07) is 26.2. The van der Waals surface area contributed by atoms with E-state index in [9.17, 15) is 5.26 Å². The molecule has 1 aromatic heterocycles. The maximum Gasteiger partial charge on any atom is 0.232 e. The summed E-state index contributed by atoms with van der Waals surface area (Å²) in [6.45, 7) is 13.8. The van der Waals surface area contributed by atoms with Gasteiger partial charge in [-0.3, -0.25) is 4.90 Å². The summed E-state index contributed by atoms with van der Waals surface area (Å²) >= 11 is 5.95. The highest BCUT2D eigenvalue weighted by Crippen LogP contribution is 2.30. The van der Waals surface area contributed by atoms with E-state index >= 15 is 0 Å². The Kier molecular flexibility index (Phi) is 9.52. The van der Waals surface area contributed by atoms with Crippen molar-refractivity contribution in [1.82, 2.24) is 9.88 Å². The van der Waals surface area contributed by atoms with Crippen molar-refractivity contribution >= 4 is 17.5 Å². The second-order valence-electron chi connectivity index (χ2n) is 10.7. The normalized spacial score (nSPS) is 12.2. The van der Waals surface area contributed by atoms with E-state index in [1.165, 1.54) is 11.1 Å². The Morgan fingerprint density at radius 2 is 1.62 bits per heavy atom. The third-order valence-electron chi connectivity index (χ3n) is 7.02. The predicted molar refractivity (Wildman–Crippen MR) is 162 cm³/mol. The Morgan fingerprint density at radius 3 is 2.20 bits per heavy atom. The number of hydrogen-bond donors (Lipinski definition) is 1. The number of nitrogens with zero attached hydrogens (tertiary/aromatic N) is 3. The molecule has 0 bridgehead atoms. The van der Waals surface area contributed by atoms with Gasteiger partial charge in [0.25, 0.3) is 0 Å². The number of nitrogens with one attached hydrogen (secondary N) is 1. The summed E-state index contributed by atoms with van der Waals surface area (Å²) in [5.41, 5.74) is 4.65. The number of aromatic nitrogens is 1. The number of likely N-dealkylation sites (N-methyl/N-ethyl adjacent to an activating group) is 1. The smallest absolute Gasteiger partial charge is 0.232 e. The highest BCUT2D eigenvalue weighted by atomic mass is 35.5. The minimum absolute atomic E-state index is 0.0977. The molecular weight excluding hydrogens is 520 g/mol. The van der Waals surface area contributed by atoms with Crippen molar-refractivity contribution in [1.29, 1.82) is 5.26 Å². The molecular formula is C33H37ClN4O2. The SMILES string of the molecule is CCN(CC)C(CNc1oc(-c2ccc(OCc3ccc(Cl)cc3)cc2)nc1C#N)c1ccc(C(C)(C)C)cc1. The van der Waals surface area contributed by atoms with E-state index in [-0.39, 0.29) is 17.2 Å². The molecule has 0 aliphatic carbocycles. The van der Waals surface area contributed by atoms with Gasteiger partial charge in [-0.2, -0.15) is 10.2 Å². The summed E-state index contributed by atoms with van der Waals surface area (Å²) in [6.07, 6.45) is 0. The van der Waals surface area contributed by atoms with Crippen LogP contribution in [0.15, 0.2) is 77.2 Å². The van der Waals surface area contributed by atoms with Crippen LogP contribution in [0.1, 0.15) is 63.0 Å². The molecule has 1 N–H and O–H groups in total. The van der Waals surface area contributed by atoms with E-state index in [0.717, 1.165) is 30.0 Å². The third kappa shape index (κ3) is 7.24. The highest BCUT2D eigenvalue weighted by Gasteiger charge is 2.22. The van der Waals surface area contributed by atoms with Crippen LogP contribution in [0.3, 0.4) is 0 Å². The zero-order chi connectivity index (χ0) is 28.7. The maximum absolute atomic E-state index is 9.76. The lowest BCUT2D eigenvalue weighted by Crippen LogP contribution is -2.33. The van der Waals surface area contributed by atoms with Crippen molar-refractivity contribution in [3.8, 4) is 23.3 Å². The van der Waals surface area contributed by atoms with Gasteiger partial charge >= 0.3 is 0 Å². The van der Waals surface area contributed by atoms with Crippen LogP contribution in [0.4, 0.5) is 5.88 Å². The van der Waals surface area contributed by atoms with E-state index in [1.807, 2.05) is 48.5 Å². The Morgan fingerprint density at radius 1 is 0.975 bits per heavy atom. The molecule has 0 fully saturated rings. The molecule has 0 aliphatic rings. The number of halogens is 1. The molecule has 6 nitrogen and oxygen atoms in total. The lowest BCUT2D eigenvalue weighted by molar-refractivity contribution is 0.227. The fourth-order valence-electron chi connectivity index (χ4n) is 4.60. The fourth-order valence-corrected chi connectivity index (χ4v) is 4.72. The van der Waals surface area contributed by atoms with Gasteiger partial charge in [0.2, 0.25) is 17.5 Å². The van der Waals surface area contributed by atoms with Gasteiger partial charge < -0.3 is 14.5 Å². The van der Waals surface area contributed by atoms with Crippen LogP contribution in [0, 0.1) is 11.3 Å². The van der Waals surface area contributed by atoms with Gasteiger partial charge in [0.15, 0.2) is 0 Å². The van der Waals surface area contributed by atoms with Gasteiger partial charge in [0.1, 0.15) is 18.4 Å². The highest BCUT2D eigenvalue weighted by molar-refractivity contribution is 6.30. The largest absolute Gasteiger partial charge is 0.489 e. The van der Waals surface area contributed by atoms with Crippen molar-refractivity contribution in [2.24, 2.45) is 0 Å². The lowest BCUT2D eigenvalue weighted by Gasteiger charge is -2.31. The van der Waals surface area contributed by atoms with E-state index in [1.54, 1.807) is 0 Å². The Balaban J connectivity index is 1.47.